The van der Waals surface area contributed by atoms with E-state index in [0.717, 1.165) is 18.7 Å². The van der Waals surface area contributed by atoms with Crippen LogP contribution in [-0.4, -0.2) is 16.5 Å². The highest BCUT2D eigenvalue weighted by Crippen LogP contribution is 2.14. The van der Waals surface area contributed by atoms with Gasteiger partial charge in [0, 0.05) is 18.2 Å². The Hall–Kier alpha value is -0.830. The molecule has 0 aromatic carbocycles. The van der Waals surface area contributed by atoms with Crippen molar-refractivity contribution in [2.75, 3.05) is 6.54 Å². The Kier molecular flexibility index (Phi) is 3.48. The van der Waals surface area contributed by atoms with Crippen LogP contribution in [0.3, 0.4) is 0 Å². The number of aryl methyl sites for hydroxylation is 2. The predicted octanol–water partition coefficient (Wildman–Crippen LogP) is 1.73. The van der Waals surface area contributed by atoms with Crippen molar-refractivity contribution < 1.29 is 0 Å². The molecular formula is C10H19N3. The van der Waals surface area contributed by atoms with Gasteiger partial charge in [-0.3, -0.25) is 0 Å². The summed E-state index contributed by atoms with van der Waals surface area (Å²) >= 11 is 0. The van der Waals surface area contributed by atoms with Gasteiger partial charge in [0.15, 0.2) is 0 Å². The molecule has 3 N–H and O–H groups in total. The van der Waals surface area contributed by atoms with Crippen molar-refractivity contribution >= 4 is 0 Å². The lowest BCUT2D eigenvalue weighted by Gasteiger charge is -2.02. The topological polar surface area (TPSA) is 54.7 Å². The van der Waals surface area contributed by atoms with E-state index in [2.05, 4.69) is 30.7 Å². The highest BCUT2D eigenvalue weighted by atomic mass is 14.9. The normalized spacial score (nSPS) is 13.2. The third-order valence-electron chi connectivity index (χ3n) is 2.31. The van der Waals surface area contributed by atoms with E-state index in [1.54, 1.807) is 0 Å². The van der Waals surface area contributed by atoms with Gasteiger partial charge in [-0.1, -0.05) is 20.3 Å². The number of nitrogens with two attached hydrogens (primary N) is 1. The fourth-order valence-electron chi connectivity index (χ4n) is 1.35. The molecule has 3 nitrogen and oxygen atoms in total. The second-order valence-electron chi connectivity index (χ2n) is 3.58. The summed E-state index contributed by atoms with van der Waals surface area (Å²) < 4.78 is 0. The summed E-state index contributed by atoms with van der Waals surface area (Å²) in [6.45, 7) is 6.98. The molecule has 3 heteroatoms. The Bertz CT molecular complexity index is 265. The Balaban J connectivity index is 2.81. The maximum atomic E-state index is 5.58. The largest absolute Gasteiger partial charge is 0.346 e. The van der Waals surface area contributed by atoms with Crippen LogP contribution in [0, 0.1) is 6.92 Å². The van der Waals surface area contributed by atoms with Gasteiger partial charge in [0.1, 0.15) is 5.82 Å². The van der Waals surface area contributed by atoms with Crippen LogP contribution < -0.4 is 5.73 Å². The Morgan fingerprint density at radius 1 is 1.54 bits per heavy atom. The molecule has 0 saturated carbocycles. The van der Waals surface area contributed by atoms with Crippen molar-refractivity contribution in [3.05, 3.63) is 17.2 Å². The van der Waals surface area contributed by atoms with Gasteiger partial charge >= 0.3 is 0 Å². The van der Waals surface area contributed by atoms with Crippen LogP contribution in [0.1, 0.15) is 43.4 Å². The van der Waals surface area contributed by atoms with E-state index in [-0.39, 0.29) is 0 Å². The van der Waals surface area contributed by atoms with Crippen molar-refractivity contribution in [2.45, 2.75) is 39.5 Å². The van der Waals surface area contributed by atoms with E-state index in [1.807, 2.05) is 0 Å². The minimum absolute atomic E-state index is 0.337. The molecule has 0 amide bonds. The third kappa shape index (κ3) is 2.31. The molecule has 0 bridgehead atoms. The van der Waals surface area contributed by atoms with Crippen molar-refractivity contribution in [2.24, 2.45) is 5.73 Å². The van der Waals surface area contributed by atoms with Crippen LogP contribution >= 0.6 is 0 Å². The first-order valence-corrected chi connectivity index (χ1v) is 4.94. The third-order valence-corrected chi connectivity index (χ3v) is 2.31. The Morgan fingerprint density at radius 2 is 2.23 bits per heavy atom. The fourth-order valence-corrected chi connectivity index (χ4v) is 1.35. The van der Waals surface area contributed by atoms with Gasteiger partial charge in [-0.15, -0.1) is 0 Å². The molecule has 74 valence electrons. The predicted molar refractivity (Wildman–Crippen MR) is 54.8 cm³/mol. The zero-order chi connectivity index (χ0) is 9.84. The van der Waals surface area contributed by atoms with Gasteiger partial charge in [0.25, 0.3) is 0 Å². The van der Waals surface area contributed by atoms with Gasteiger partial charge in [-0.05, 0) is 13.3 Å². The number of rotatable bonds is 4. The van der Waals surface area contributed by atoms with Crippen LogP contribution in [0.2, 0.25) is 0 Å². The molecule has 13 heavy (non-hydrogen) atoms. The first kappa shape index (κ1) is 10.3. The van der Waals surface area contributed by atoms with Crippen molar-refractivity contribution in [1.82, 2.24) is 9.97 Å². The maximum Gasteiger partial charge on any atom is 0.110 e. The number of hydrogen-bond donors (Lipinski definition) is 2. The van der Waals surface area contributed by atoms with Crippen LogP contribution in [0.25, 0.3) is 0 Å². The van der Waals surface area contributed by atoms with E-state index >= 15 is 0 Å². The van der Waals surface area contributed by atoms with E-state index in [4.69, 9.17) is 5.73 Å². The molecule has 0 aliphatic carbocycles. The maximum absolute atomic E-state index is 5.58. The zero-order valence-electron chi connectivity index (χ0n) is 8.72. The summed E-state index contributed by atoms with van der Waals surface area (Å²) in [5.41, 5.74) is 7.96. The van der Waals surface area contributed by atoms with Crippen LogP contribution in [0.4, 0.5) is 0 Å². The molecule has 0 aliphatic heterocycles. The highest BCUT2D eigenvalue weighted by Gasteiger charge is 2.10. The summed E-state index contributed by atoms with van der Waals surface area (Å²) in [5.74, 6) is 1.37. The number of H-pyrrole nitrogens is 1. The molecule has 1 aromatic rings. The van der Waals surface area contributed by atoms with Gasteiger partial charge in [-0.25, -0.2) is 4.98 Å². The first-order chi connectivity index (χ1) is 6.19. The molecule has 0 aliphatic rings. The molecular weight excluding hydrogens is 162 g/mol. The molecule has 1 rings (SSSR count). The molecule has 1 aromatic heterocycles. The van der Waals surface area contributed by atoms with Crippen LogP contribution in [0.5, 0.6) is 0 Å². The molecule has 0 fully saturated rings. The summed E-state index contributed by atoms with van der Waals surface area (Å²) in [7, 11) is 0. The summed E-state index contributed by atoms with van der Waals surface area (Å²) in [6.07, 6.45) is 2.20. The van der Waals surface area contributed by atoms with Crippen molar-refractivity contribution in [1.29, 1.82) is 0 Å². The molecule has 0 radical (unpaired) electrons. The van der Waals surface area contributed by atoms with E-state index in [0.29, 0.717) is 12.5 Å². The number of nitrogens with zero attached hydrogens (tertiary/aromatic N) is 1. The molecule has 0 saturated heterocycles. The highest BCUT2D eigenvalue weighted by molar-refractivity contribution is 5.15. The molecule has 1 atom stereocenters. The van der Waals surface area contributed by atoms with Crippen LogP contribution in [-0.2, 0) is 6.42 Å². The number of aromatic amines is 1. The van der Waals surface area contributed by atoms with Crippen molar-refractivity contribution in [3.63, 3.8) is 0 Å². The SMILES string of the molecule is CCCc1nc(C(C)CN)[nH]c1C. The van der Waals surface area contributed by atoms with E-state index < -0.39 is 0 Å². The average Bonchev–Trinajstić information content (AvgIpc) is 2.47. The van der Waals surface area contributed by atoms with E-state index in [9.17, 15) is 0 Å². The lowest BCUT2D eigenvalue weighted by atomic mass is 10.2. The summed E-state index contributed by atoms with van der Waals surface area (Å²) in [5, 5.41) is 0. The summed E-state index contributed by atoms with van der Waals surface area (Å²) in [6, 6.07) is 0. The number of imidazole rings is 1. The van der Waals surface area contributed by atoms with Gasteiger partial charge in [-0.2, -0.15) is 0 Å². The van der Waals surface area contributed by atoms with E-state index in [1.165, 1.54) is 11.4 Å². The lowest BCUT2D eigenvalue weighted by Crippen LogP contribution is -2.10. The van der Waals surface area contributed by atoms with Gasteiger partial charge < -0.3 is 10.7 Å². The quantitative estimate of drug-likeness (QED) is 0.743. The lowest BCUT2D eigenvalue weighted by molar-refractivity contribution is 0.719. The number of hydrogen-bond acceptors (Lipinski definition) is 2. The average molecular weight is 181 g/mol. The summed E-state index contributed by atoms with van der Waals surface area (Å²) in [4.78, 5) is 7.82. The number of aromatic nitrogens is 2. The minimum Gasteiger partial charge on any atom is -0.346 e. The molecule has 1 heterocycles. The second-order valence-corrected chi connectivity index (χ2v) is 3.58. The standard InChI is InChI=1S/C10H19N3/c1-4-5-9-8(3)12-10(13-9)7(2)6-11/h7H,4-6,11H2,1-3H3,(H,12,13). The Morgan fingerprint density at radius 3 is 2.77 bits per heavy atom. The fraction of sp³-hybridized carbons (Fsp3) is 0.700. The smallest absolute Gasteiger partial charge is 0.110 e. The minimum atomic E-state index is 0.337. The van der Waals surface area contributed by atoms with Gasteiger partial charge in [0.05, 0.1) is 5.69 Å². The monoisotopic (exact) mass is 181 g/mol. The Labute approximate surface area is 79.8 Å². The zero-order valence-corrected chi connectivity index (χ0v) is 8.72. The van der Waals surface area contributed by atoms with Gasteiger partial charge in [0.2, 0.25) is 0 Å². The first-order valence-electron chi connectivity index (χ1n) is 4.94. The van der Waals surface area contributed by atoms with Crippen LogP contribution in [0.15, 0.2) is 0 Å². The molecule has 1 unspecified atom stereocenters. The second kappa shape index (κ2) is 4.42. The van der Waals surface area contributed by atoms with Crippen molar-refractivity contribution in [3.8, 4) is 0 Å². The number of nitrogens with one attached hydrogen (secondary N) is 1. The molecule has 0 spiro atoms.